The summed E-state index contributed by atoms with van der Waals surface area (Å²) in [5.74, 6) is -0.848. The summed E-state index contributed by atoms with van der Waals surface area (Å²) in [7, 11) is -2.47. The molecule has 2 N–H and O–H groups in total. The predicted octanol–water partition coefficient (Wildman–Crippen LogP) is 1.67. The van der Waals surface area contributed by atoms with E-state index >= 15 is 0 Å². The first-order chi connectivity index (χ1) is 9.91. The van der Waals surface area contributed by atoms with Crippen molar-refractivity contribution in [3.05, 3.63) is 54.1 Å². The first-order valence-electron chi connectivity index (χ1n) is 6.32. The molecule has 0 aliphatic carbocycles. The van der Waals surface area contributed by atoms with E-state index < -0.39 is 15.8 Å². The normalized spacial score (nSPS) is 11.8. The van der Waals surface area contributed by atoms with Gasteiger partial charge in [0.05, 0.1) is 0 Å². The minimum absolute atomic E-state index is 0.183. The van der Waals surface area contributed by atoms with E-state index in [4.69, 9.17) is 5.73 Å². The highest BCUT2D eigenvalue weighted by Crippen LogP contribution is 2.20. The third kappa shape index (κ3) is 3.56. The summed E-state index contributed by atoms with van der Waals surface area (Å²) in [5.41, 5.74) is 6.38. The van der Waals surface area contributed by atoms with Gasteiger partial charge in [-0.15, -0.1) is 0 Å². The van der Waals surface area contributed by atoms with Gasteiger partial charge in [0.1, 0.15) is 10.7 Å². The highest BCUT2D eigenvalue weighted by molar-refractivity contribution is 7.89. The van der Waals surface area contributed by atoms with Crippen LogP contribution in [0.1, 0.15) is 5.69 Å². The molecular formula is C14H16FN3O2S. The molecule has 0 amide bonds. The van der Waals surface area contributed by atoms with Gasteiger partial charge >= 0.3 is 0 Å². The molecule has 1 aromatic heterocycles. The van der Waals surface area contributed by atoms with Crippen LogP contribution in [0.4, 0.5) is 10.1 Å². The Morgan fingerprint density at radius 3 is 2.67 bits per heavy atom. The third-order valence-electron chi connectivity index (χ3n) is 3.05. The maximum Gasteiger partial charge on any atom is 0.245 e. The van der Waals surface area contributed by atoms with Crippen molar-refractivity contribution in [3.63, 3.8) is 0 Å². The molecule has 112 valence electrons. The van der Waals surface area contributed by atoms with Crippen molar-refractivity contribution >= 4 is 15.7 Å². The van der Waals surface area contributed by atoms with Gasteiger partial charge in [-0.05, 0) is 30.3 Å². The lowest BCUT2D eigenvalue weighted by Crippen LogP contribution is -2.29. The van der Waals surface area contributed by atoms with E-state index in [1.807, 2.05) is 12.1 Å². The molecule has 5 nitrogen and oxygen atoms in total. The molecule has 1 aromatic carbocycles. The number of nitrogens with zero attached hydrogens (tertiary/aromatic N) is 2. The van der Waals surface area contributed by atoms with Crippen LogP contribution in [0.5, 0.6) is 0 Å². The van der Waals surface area contributed by atoms with Gasteiger partial charge in [-0.2, -0.15) is 0 Å². The topological polar surface area (TPSA) is 76.3 Å². The van der Waals surface area contributed by atoms with Crippen LogP contribution in [-0.2, 0) is 16.4 Å². The van der Waals surface area contributed by atoms with Gasteiger partial charge in [0.15, 0.2) is 0 Å². The Kier molecular flexibility index (Phi) is 4.54. The molecule has 0 saturated heterocycles. The summed E-state index contributed by atoms with van der Waals surface area (Å²) in [6.07, 6.45) is 2.09. The van der Waals surface area contributed by atoms with Crippen molar-refractivity contribution in [1.82, 2.24) is 9.29 Å². The van der Waals surface area contributed by atoms with Crippen molar-refractivity contribution in [2.24, 2.45) is 0 Å². The average Bonchev–Trinajstić information content (AvgIpc) is 2.45. The number of nitrogen functional groups attached to an aromatic ring is 1. The Bertz CT molecular complexity index is 720. The van der Waals surface area contributed by atoms with Crippen LogP contribution in [0.3, 0.4) is 0 Å². The zero-order valence-corrected chi connectivity index (χ0v) is 12.3. The van der Waals surface area contributed by atoms with E-state index in [-0.39, 0.29) is 17.1 Å². The van der Waals surface area contributed by atoms with Crippen molar-refractivity contribution in [1.29, 1.82) is 0 Å². The second-order valence-corrected chi connectivity index (χ2v) is 6.60. The van der Waals surface area contributed by atoms with Gasteiger partial charge in [0.2, 0.25) is 10.0 Å². The Balaban J connectivity index is 2.15. The number of anilines is 1. The lowest BCUT2D eigenvalue weighted by Gasteiger charge is -2.17. The Hall–Kier alpha value is -1.99. The molecule has 0 unspecified atom stereocenters. The standard InChI is InChI=1S/C14H16FN3O2S/c1-18(9-7-12-4-2-3-8-17-12)21(19,20)14-6-5-11(16)10-13(14)15/h2-6,8,10H,7,9,16H2,1H3. The maximum absolute atomic E-state index is 13.8. The Labute approximate surface area is 123 Å². The molecule has 0 aliphatic heterocycles. The Morgan fingerprint density at radius 2 is 2.05 bits per heavy atom. The molecule has 0 fully saturated rings. The van der Waals surface area contributed by atoms with Gasteiger partial charge in [-0.3, -0.25) is 4.98 Å². The van der Waals surface area contributed by atoms with E-state index in [2.05, 4.69) is 4.98 Å². The summed E-state index contributed by atoms with van der Waals surface area (Å²) in [5, 5.41) is 0. The largest absolute Gasteiger partial charge is 0.399 e. The molecule has 0 saturated carbocycles. The first kappa shape index (κ1) is 15.4. The lowest BCUT2D eigenvalue weighted by atomic mass is 10.3. The fourth-order valence-corrected chi connectivity index (χ4v) is 3.05. The molecule has 1 heterocycles. The number of benzene rings is 1. The molecular weight excluding hydrogens is 293 g/mol. The zero-order chi connectivity index (χ0) is 15.5. The number of sulfonamides is 1. The highest BCUT2D eigenvalue weighted by atomic mass is 32.2. The molecule has 2 aromatic rings. The van der Waals surface area contributed by atoms with Crippen LogP contribution >= 0.6 is 0 Å². The molecule has 0 aliphatic rings. The second-order valence-electron chi connectivity index (χ2n) is 4.59. The maximum atomic E-state index is 13.8. The number of pyridine rings is 1. The van der Waals surface area contributed by atoms with Crippen molar-refractivity contribution in [2.45, 2.75) is 11.3 Å². The van der Waals surface area contributed by atoms with E-state index in [1.165, 1.54) is 19.2 Å². The summed E-state index contributed by atoms with van der Waals surface area (Å²) in [6.45, 7) is 0.211. The van der Waals surface area contributed by atoms with E-state index in [1.54, 1.807) is 12.3 Å². The summed E-state index contributed by atoms with van der Waals surface area (Å²) in [6, 6.07) is 8.97. The summed E-state index contributed by atoms with van der Waals surface area (Å²) in [4.78, 5) is 3.75. The van der Waals surface area contributed by atoms with Crippen molar-refractivity contribution < 1.29 is 12.8 Å². The lowest BCUT2D eigenvalue weighted by molar-refractivity contribution is 0.464. The van der Waals surface area contributed by atoms with Crippen LogP contribution in [0.2, 0.25) is 0 Å². The van der Waals surface area contributed by atoms with E-state index in [0.717, 1.165) is 16.1 Å². The third-order valence-corrected chi connectivity index (χ3v) is 4.94. The minimum Gasteiger partial charge on any atom is -0.399 e. The van der Waals surface area contributed by atoms with Crippen LogP contribution in [0.15, 0.2) is 47.5 Å². The van der Waals surface area contributed by atoms with E-state index in [0.29, 0.717) is 6.42 Å². The number of aromatic nitrogens is 1. The molecule has 0 bridgehead atoms. The number of rotatable bonds is 5. The number of hydrogen-bond donors (Lipinski definition) is 1. The van der Waals surface area contributed by atoms with Gasteiger partial charge in [0.25, 0.3) is 0 Å². The number of nitrogens with two attached hydrogens (primary N) is 1. The minimum atomic E-state index is -3.88. The smallest absolute Gasteiger partial charge is 0.245 e. The van der Waals surface area contributed by atoms with Gasteiger partial charge in [-0.1, -0.05) is 6.07 Å². The average molecular weight is 309 g/mol. The Morgan fingerprint density at radius 1 is 1.29 bits per heavy atom. The van der Waals surface area contributed by atoms with Crippen molar-refractivity contribution in [2.75, 3.05) is 19.3 Å². The van der Waals surface area contributed by atoms with Crippen LogP contribution in [0.25, 0.3) is 0 Å². The summed E-state index contributed by atoms with van der Waals surface area (Å²) >= 11 is 0. The zero-order valence-electron chi connectivity index (χ0n) is 11.5. The van der Waals surface area contributed by atoms with Gasteiger partial charge in [-0.25, -0.2) is 17.1 Å². The molecule has 2 rings (SSSR count). The van der Waals surface area contributed by atoms with Gasteiger partial charge < -0.3 is 5.73 Å². The van der Waals surface area contributed by atoms with E-state index in [9.17, 15) is 12.8 Å². The first-order valence-corrected chi connectivity index (χ1v) is 7.76. The quantitative estimate of drug-likeness (QED) is 0.852. The second kappa shape index (κ2) is 6.19. The highest BCUT2D eigenvalue weighted by Gasteiger charge is 2.24. The molecule has 0 spiro atoms. The van der Waals surface area contributed by atoms with Gasteiger partial charge in [0, 0.05) is 37.6 Å². The molecule has 7 heteroatoms. The number of hydrogen-bond acceptors (Lipinski definition) is 4. The fourth-order valence-electron chi connectivity index (χ4n) is 1.83. The predicted molar refractivity (Wildman–Crippen MR) is 78.6 cm³/mol. The molecule has 0 atom stereocenters. The fraction of sp³-hybridized carbons (Fsp3) is 0.214. The summed E-state index contributed by atoms with van der Waals surface area (Å²) < 4.78 is 39.5. The monoisotopic (exact) mass is 309 g/mol. The molecule has 21 heavy (non-hydrogen) atoms. The van der Waals surface area contributed by atoms with Crippen LogP contribution in [0, 0.1) is 5.82 Å². The number of halogens is 1. The van der Waals surface area contributed by atoms with Crippen LogP contribution in [-0.4, -0.2) is 31.3 Å². The van der Waals surface area contributed by atoms with Crippen LogP contribution < -0.4 is 5.73 Å². The molecule has 0 radical (unpaired) electrons. The van der Waals surface area contributed by atoms with Crippen molar-refractivity contribution in [3.8, 4) is 0 Å². The SMILES string of the molecule is CN(CCc1ccccn1)S(=O)(=O)c1ccc(N)cc1F. The number of likely N-dealkylation sites (N-methyl/N-ethyl adjacent to an activating group) is 1.